The Morgan fingerprint density at radius 2 is 1.93 bits per heavy atom. The number of ketones is 1. The van der Waals surface area contributed by atoms with Crippen molar-refractivity contribution in [1.82, 2.24) is 14.8 Å². The van der Waals surface area contributed by atoms with E-state index in [0.717, 1.165) is 11.3 Å². The fourth-order valence-corrected chi connectivity index (χ4v) is 3.79. The summed E-state index contributed by atoms with van der Waals surface area (Å²) in [5, 5.41) is 29.4. The average Bonchev–Trinajstić information content (AvgIpc) is 3.41. The number of rotatable bonds is 5. The highest BCUT2D eigenvalue weighted by atomic mass is 32.1. The second kappa shape index (κ2) is 7.10. The lowest BCUT2D eigenvalue weighted by molar-refractivity contribution is 0.103. The Hall–Kier alpha value is -3.59. The molecule has 148 valence electrons. The Morgan fingerprint density at radius 1 is 1.21 bits per heavy atom. The number of carbonyl (C=O) groups excluding carboxylic acids is 1. The standard InChI is InChI=1S/C20H17N3O5S/c1-10-8-14(11(2)28-10)17(24)15-16(12-4-6-13(27-3)7-5-12)23(19(26)18(15)25)20-22-21-9-29-20/h4-9,25-26H,1-3H3. The monoisotopic (exact) mass is 411 g/mol. The van der Waals surface area contributed by atoms with Crippen LogP contribution >= 0.6 is 11.3 Å². The van der Waals surface area contributed by atoms with E-state index >= 15 is 0 Å². The predicted molar refractivity (Wildman–Crippen MR) is 106 cm³/mol. The molecule has 0 aliphatic rings. The number of aromatic nitrogens is 3. The maximum atomic E-state index is 13.4. The molecule has 0 aliphatic heterocycles. The molecular weight excluding hydrogens is 394 g/mol. The van der Waals surface area contributed by atoms with Crippen LogP contribution in [0.3, 0.4) is 0 Å². The Labute approximate surface area is 169 Å². The van der Waals surface area contributed by atoms with Gasteiger partial charge in [0.05, 0.1) is 23.9 Å². The highest BCUT2D eigenvalue weighted by Crippen LogP contribution is 2.44. The second-order valence-electron chi connectivity index (χ2n) is 6.34. The molecule has 0 saturated carbocycles. The lowest BCUT2D eigenvalue weighted by Gasteiger charge is -2.09. The van der Waals surface area contributed by atoms with Gasteiger partial charge < -0.3 is 19.4 Å². The third-order valence-corrected chi connectivity index (χ3v) is 5.21. The van der Waals surface area contributed by atoms with Gasteiger partial charge >= 0.3 is 0 Å². The van der Waals surface area contributed by atoms with Gasteiger partial charge in [-0.25, -0.2) is 0 Å². The molecule has 0 amide bonds. The summed E-state index contributed by atoms with van der Waals surface area (Å²) in [5.74, 6) is 0.134. The number of hydrogen-bond donors (Lipinski definition) is 2. The van der Waals surface area contributed by atoms with Crippen LogP contribution in [0.15, 0.2) is 40.3 Å². The number of furan rings is 1. The third-order valence-electron chi connectivity index (χ3n) is 4.54. The highest BCUT2D eigenvalue weighted by molar-refractivity contribution is 7.11. The SMILES string of the molecule is COc1ccc(-c2c(C(=O)c3cc(C)oc3C)c(O)c(O)n2-c2nncs2)cc1. The number of hydrogen-bond acceptors (Lipinski definition) is 8. The number of nitrogens with zero attached hydrogens (tertiary/aromatic N) is 3. The molecule has 4 rings (SSSR count). The zero-order chi connectivity index (χ0) is 20.7. The van der Waals surface area contributed by atoms with Gasteiger partial charge in [0.15, 0.2) is 5.75 Å². The van der Waals surface area contributed by atoms with Crippen LogP contribution < -0.4 is 4.74 Å². The first-order chi connectivity index (χ1) is 13.9. The van der Waals surface area contributed by atoms with Gasteiger partial charge in [-0.05, 0) is 49.7 Å². The maximum Gasteiger partial charge on any atom is 0.242 e. The fourth-order valence-electron chi connectivity index (χ4n) is 3.23. The summed E-state index contributed by atoms with van der Waals surface area (Å²) in [6.45, 7) is 3.41. The molecule has 0 unspecified atom stereocenters. The topological polar surface area (TPSA) is 111 Å². The molecule has 9 heteroatoms. The first kappa shape index (κ1) is 18.8. The molecule has 2 N–H and O–H groups in total. The molecule has 0 saturated heterocycles. The van der Waals surface area contributed by atoms with Crippen molar-refractivity contribution in [3.05, 3.63) is 58.5 Å². The van der Waals surface area contributed by atoms with Crippen molar-refractivity contribution in [3.63, 3.8) is 0 Å². The fraction of sp³-hybridized carbons (Fsp3) is 0.150. The molecular formula is C20H17N3O5S. The number of benzene rings is 1. The lowest BCUT2D eigenvalue weighted by Crippen LogP contribution is -2.05. The van der Waals surface area contributed by atoms with E-state index in [-0.39, 0.29) is 5.56 Å². The maximum absolute atomic E-state index is 13.4. The van der Waals surface area contributed by atoms with E-state index < -0.39 is 17.4 Å². The molecule has 3 heterocycles. The van der Waals surface area contributed by atoms with Crippen LogP contribution in [0, 0.1) is 13.8 Å². The Kier molecular flexibility index (Phi) is 4.59. The molecule has 8 nitrogen and oxygen atoms in total. The van der Waals surface area contributed by atoms with E-state index in [1.165, 1.54) is 10.1 Å². The van der Waals surface area contributed by atoms with E-state index in [9.17, 15) is 15.0 Å². The number of aryl methyl sites for hydroxylation is 2. The molecule has 0 spiro atoms. The number of ether oxygens (including phenoxy) is 1. The summed E-state index contributed by atoms with van der Waals surface area (Å²) < 4.78 is 12.0. The van der Waals surface area contributed by atoms with E-state index in [1.54, 1.807) is 51.3 Å². The van der Waals surface area contributed by atoms with Crippen LogP contribution in [0.1, 0.15) is 27.4 Å². The van der Waals surface area contributed by atoms with Crippen molar-refractivity contribution in [2.45, 2.75) is 13.8 Å². The van der Waals surface area contributed by atoms with Crippen molar-refractivity contribution in [2.24, 2.45) is 0 Å². The van der Waals surface area contributed by atoms with E-state index in [4.69, 9.17) is 9.15 Å². The minimum Gasteiger partial charge on any atom is -0.503 e. The summed E-state index contributed by atoms with van der Waals surface area (Å²) in [5.41, 5.74) is 2.63. The zero-order valence-electron chi connectivity index (χ0n) is 15.8. The summed E-state index contributed by atoms with van der Waals surface area (Å²) in [4.78, 5) is 13.4. The van der Waals surface area contributed by atoms with Crippen LogP contribution in [0.25, 0.3) is 16.4 Å². The molecule has 1 aromatic carbocycles. The molecule has 0 radical (unpaired) electrons. The van der Waals surface area contributed by atoms with Crippen molar-refractivity contribution < 1.29 is 24.2 Å². The summed E-state index contributed by atoms with van der Waals surface area (Å²) >= 11 is 1.16. The molecule has 0 aliphatic carbocycles. The first-order valence-corrected chi connectivity index (χ1v) is 9.49. The minimum atomic E-state index is -0.533. The van der Waals surface area contributed by atoms with Crippen molar-refractivity contribution >= 4 is 17.1 Å². The van der Waals surface area contributed by atoms with Crippen LogP contribution in [-0.4, -0.2) is 37.9 Å². The third kappa shape index (κ3) is 3.05. The summed E-state index contributed by atoms with van der Waals surface area (Å²) in [6.07, 6.45) is 0. The van der Waals surface area contributed by atoms with Crippen LogP contribution in [0.2, 0.25) is 0 Å². The van der Waals surface area contributed by atoms with Gasteiger partial charge in [0.2, 0.25) is 16.8 Å². The number of methoxy groups -OCH3 is 1. The molecule has 0 atom stereocenters. The largest absolute Gasteiger partial charge is 0.503 e. The normalized spacial score (nSPS) is 11.0. The van der Waals surface area contributed by atoms with Gasteiger partial charge in [0.1, 0.15) is 22.8 Å². The average molecular weight is 411 g/mol. The van der Waals surface area contributed by atoms with Gasteiger partial charge in [0.25, 0.3) is 0 Å². The Morgan fingerprint density at radius 3 is 2.48 bits per heavy atom. The van der Waals surface area contributed by atoms with Crippen molar-refractivity contribution in [1.29, 1.82) is 0 Å². The van der Waals surface area contributed by atoms with Crippen LogP contribution in [-0.2, 0) is 0 Å². The molecule has 3 aromatic heterocycles. The van der Waals surface area contributed by atoms with Crippen LogP contribution in [0.5, 0.6) is 17.4 Å². The van der Waals surface area contributed by atoms with Gasteiger partial charge in [-0.1, -0.05) is 11.3 Å². The number of carbonyl (C=O) groups is 1. The van der Waals surface area contributed by atoms with Crippen molar-refractivity contribution in [2.75, 3.05) is 7.11 Å². The smallest absolute Gasteiger partial charge is 0.242 e. The van der Waals surface area contributed by atoms with Gasteiger partial charge in [0, 0.05) is 0 Å². The van der Waals surface area contributed by atoms with E-state index in [0.29, 0.717) is 39.2 Å². The van der Waals surface area contributed by atoms with Crippen LogP contribution in [0.4, 0.5) is 0 Å². The van der Waals surface area contributed by atoms with Gasteiger partial charge in [-0.15, -0.1) is 10.2 Å². The lowest BCUT2D eigenvalue weighted by atomic mass is 9.99. The van der Waals surface area contributed by atoms with Gasteiger partial charge in [-0.3, -0.25) is 9.36 Å². The molecule has 0 fully saturated rings. The Balaban J connectivity index is 2.01. The number of aromatic hydroxyl groups is 2. The quantitative estimate of drug-likeness (QED) is 0.480. The minimum absolute atomic E-state index is 0.0493. The zero-order valence-corrected chi connectivity index (χ0v) is 16.6. The second-order valence-corrected chi connectivity index (χ2v) is 7.15. The van der Waals surface area contributed by atoms with E-state index in [2.05, 4.69) is 10.2 Å². The highest BCUT2D eigenvalue weighted by Gasteiger charge is 2.32. The van der Waals surface area contributed by atoms with Crippen molar-refractivity contribution in [3.8, 4) is 33.8 Å². The molecule has 0 bridgehead atoms. The summed E-state index contributed by atoms with van der Waals surface area (Å²) in [7, 11) is 1.55. The van der Waals surface area contributed by atoms with E-state index in [1.807, 2.05) is 0 Å². The molecule has 29 heavy (non-hydrogen) atoms. The predicted octanol–water partition coefficient (Wildman–Crippen LogP) is 3.86. The Bertz CT molecular complexity index is 1190. The first-order valence-electron chi connectivity index (χ1n) is 8.61. The van der Waals surface area contributed by atoms with Gasteiger partial charge in [-0.2, -0.15) is 0 Å². The summed E-state index contributed by atoms with van der Waals surface area (Å²) in [6, 6.07) is 8.52. The molecule has 4 aromatic rings.